The van der Waals surface area contributed by atoms with Crippen molar-refractivity contribution >= 4 is 11.8 Å². The second-order valence-corrected chi connectivity index (χ2v) is 7.56. The lowest BCUT2D eigenvalue weighted by Crippen LogP contribution is -2.50. The fourth-order valence-electron chi connectivity index (χ4n) is 3.31. The fraction of sp³-hybridized carbons (Fsp3) is 0.440. The van der Waals surface area contributed by atoms with E-state index in [1.165, 1.54) is 0 Å². The van der Waals surface area contributed by atoms with Crippen LogP contribution >= 0.6 is 0 Å². The van der Waals surface area contributed by atoms with E-state index in [1.807, 2.05) is 69.3 Å². The third-order valence-electron chi connectivity index (χ3n) is 5.32. The second kappa shape index (κ2) is 12.0. The first-order valence-electron chi connectivity index (χ1n) is 10.8. The van der Waals surface area contributed by atoms with Gasteiger partial charge in [-0.05, 0) is 49.4 Å². The summed E-state index contributed by atoms with van der Waals surface area (Å²) in [4.78, 5) is 27.6. The van der Waals surface area contributed by atoms with E-state index in [4.69, 9.17) is 4.74 Å². The average molecular weight is 411 g/mol. The van der Waals surface area contributed by atoms with Crippen LogP contribution in [0.25, 0.3) is 0 Å². The molecule has 0 aliphatic heterocycles. The molecule has 0 aromatic heterocycles. The van der Waals surface area contributed by atoms with E-state index in [1.54, 1.807) is 4.90 Å². The molecule has 0 unspecified atom stereocenters. The molecule has 2 rings (SSSR count). The number of benzene rings is 2. The summed E-state index contributed by atoms with van der Waals surface area (Å²) in [5, 5.41) is 2.97. The molecular weight excluding hydrogens is 376 g/mol. The number of carbonyl (C=O) groups excluding carboxylic acids is 2. The van der Waals surface area contributed by atoms with Crippen molar-refractivity contribution in [1.82, 2.24) is 10.2 Å². The van der Waals surface area contributed by atoms with Crippen LogP contribution in [0.4, 0.5) is 0 Å². The van der Waals surface area contributed by atoms with Crippen LogP contribution in [0.2, 0.25) is 0 Å². The zero-order chi connectivity index (χ0) is 21.9. The van der Waals surface area contributed by atoms with Gasteiger partial charge in [-0.15, -0.1) is 0 Å². The first-order valence-corrected chi connectivity index (χ1v) is 10.8. The van der Waals surface area contributed by atoms with E-state index in [0.29, 0.717) is 25.3 Å². The Morgan fingerprint density at radius 1 is 1.03 bits per heavy atom. The molecule has 1 atom stereocenters. The molecule has 0 heterocycles. The summed E-state index contributed by atoms with van der Waals surface area (Å²) in [5.74, 6) is 0.391. The summed E-state index contributed by atoms with van der Waals surface area (Å²) in [5.41, 5.74) is 3.12. The Morgan fingerprint density at radius 3 is 2.43 bits per heavy atom. The topological polar surface area (TPSA) is 58.6 Å². The normalized spacial score (nSPS) is 11.6. The van der Waals surface area contributed by atoms with Crippen LogP contribution in [0.3, 0.4) is 0 Å². The lowest BCUT2D eigenvalue weighted by Gasteiger charge is -2.30. The molecule has 5 heteroatoms. The van der Waals surface area contributed by atoms with Crippen molar-refractivity contribution in [2.45, 2.75) is 59.5 Å². The van der Waals surface area contributed by atoms with E-state index >= 15 is 0 Å². The smallest absolute Gasteiger partial charge is 0.261 e. The number of nitrogens with one attached hydrogen (secondary N) is 1. The van der Waals surface area contributed by atoms with Gasteiger partial charge in [-0.2, -0.15) is 0 Å². The summed E-state index contributed by atoms with van der Waals surface area (Å²) in [6.45, 7) is 8.90. The lowest BCUT2D eigenvalue weighted by molar-refractivity contribution is -0.143. The number of ether oxygens (including phenoxy) is 1. The minimum Gasteiger partial charge on any atom is -0.483 e. The van der Waals surface area contributed by atoms with Crippen molar-refractivity contribution in [3.8, 4) is 5.75 Å². The van der Waals surface area contributed by atoms with Crippen LogP contribution in [-0.4, -0.2) is 35.9 Å². The zero-order valence-electron chi connectivity index (χ0n) is 18.6. The van der Waals surface area contributed by atoms with Crippen molar-refractivity contribution in [3.05, 3.63) is 65.2 Å². The Bertz CT molecular complexity index is 820. The predicted octanol–water partition coefficient (Wildman–Crippen LogP) is 4.41. The molecule has 0 fully saturated rings. The third kappa shape index (κ3) is 6.61. The molecule has 0 saturated heterocycles. The number of amides is 2. The largest absolute Gasteiger partial charge is 0.483 e. The number of rotatable bonds is 11. The second-order valence-electron chi connectivity index (χ2n) is 7.56. The molecular formula is C25H34N2O3. The van der Waals surface area contributed by atoms with Crippen LogP contribution in [0.5, 0.6) is 5.75 Å². The highest BCUT2D eigenvalue weighted by Gasteiger charge is 2.28. The maximum Gasteiger partial charge on any atom is 0.261 e. The molecule has 5 nitrogen and oxygen atoms in total. The van der Waals surface area contributed by atoms with E-state index in [2.05, 4.69) is 12.2 Å². The van der Waals surface area contributed by atoms with Gasteiger partial charge in [-0.25, -0.2) is 0 Å². The Morgan fingerprint density at radius 2 is 1.77 bits per heavy atom. The first-order chi connectivity index (χ1) is 14.5. The fourth-order valence-corrected chi connectivity index (χ4v) is 3.31. The molecule has 0 spiro atoms. The molecule has 0 aliphatic rings. The van der Waals surface area contributed by atoms with Gasteiger partial charge in [0.25, 0.3) is 5.91 Å². The minimum absolute atomic E-state index is 0.101. The predicted molar refractivity (Wildman–Crippen MR) is 120 cm³/mol. The van der Waals surface area contributed by atoms with Gasteiger partial charge in [0.2, 0.25) is 5.91 Å². The quantitative estimate of drug-likeness (QED) is 0.559. The van der Waals surface area contributed by atoms with Crippen LogP contribution in [0.15, 0.2) is 48.5 Å². The van der Waals surface area contributed by atoms with Crippen LogP contribution in [0.1, 0.15) is 49.8 Å². The van der Waals surface area contributed by atoms with E-state index < -0.39 is 6.04 Å². The number of hydrogen-bond donors (Lipinski definition) is 1. The van der Waals surface area contributed by atoms with Crippen molar-refractivity contribution in [2.75, 3.05) is 13.2 Å². The van der Waals surface area contributed by atoms with Gasteiger partial charge in [-0.1, -0.05) is 62.7 Å². The summed E-state index contributed by atoms with van der Waals surface area (Å²) < 4.78 is 5.85. The van der Waals surface area contributed by atoms with Crippen LogP contribution < -0.4 is 10.1 Å². The Balaban J connectivity index is 2.17. The summed E-state index contributed by atoms with van der Waals surface area (Å²) in [6, 6.07) is 15.0. The Kier molecular flexibility index (Phi) is 9.39. The standard InChI is InChI=1S/C25H34N2O3/c1-5-7-16-26-25(29)22(6-2)27(17-21-13-9-8-10-14-21)24(28)18-30-23-15-11-12-19(3)20(23)4/h8-15,22H,5-7,16-18H2,1-4H3,(H,26,29)/t22-/m1/s1. The lowest BCUT2D eigenvalue weighted by atomic mass is 10.1. The molecule has 0 saturated carbocycles. The van der Waals surface area contributed by atoms with Gasteiger partial charge in [0, 0.05) is 13.1 Å². The maximum absolute atomic E-state index is 13.2. The molecule has 2 aromatic carbocycles. The van der Waals surface area contributed by atoms with Gasteiger partial charge < -0.3 is 15.0 Å². The molecule has 0 bridgehead atoms. The maximum atomic E-state index is 13.2. The molecule has 162 valence electrons. The number of unbranched alkanes of at least 4 members (excludes halogenated alkanes) is 1. The number of carbonyl (C=O) groups is 2. The van der Waals surface area contributed by atoms with Gasteiger partial charge in [0.05, 0.1) is 0 Å². The van der Waals surface area contributed by atoms with Crippen molar-refractivity contribution < 1.29 is 14.3 Å². The van der Waals surface area contributed by atoms with Crippen molar-refractivity contribution in [3.63, 3.8) is 0 Å². The van der Waals surface area contributed by atoms with Crippen molar-refractivity contribution in [1.29, 1.82) is 0 Å². The monoisotopic (exact) mass is 410 g/mol. The Labute approximate surface area is 180 Å². The molecule has 1 N–H and O–H groups in total. The molecule has 0 radical (unpaired) electrons. The van der Waals surface area contributed by atoms with E-state index in [0.717, 1.165) is 29.5 Å². The van der Waals surface area contributed by atoms with Crippen molar-refractivity contribution in [2.24, 2.45) is 0 Å². The summed E-state index contributed by atoms with van der Waals surface area (Å²) in [7, 11) is 0. The number of hydrogen-bond acceptors (Lipinski definition) is 3. The van der Waals surface area contributed by atoms with E-state index in [-0.39, 0.29) is 18.4 Å². The molecule has 2 aromatic rings. The highest BCUT2D eigenvalue weighted by atomic mass is 16.5. The van der Waals surface area contributed by atoms with Crippen LogP contribution in [-0.2, 0) is 16.1 Å². The highest BCUT2D eigenvalue weighted by Crippen LogP contribution is 2.21. The SMILES string of the molecule is CCCCNC(=O)[C@@H](CC)N(Cc1ccccc1)C(=O)COc1cccc(C)c1C. The summed E-state index contributed by atoms with van der Waals surface area (Å²) in [6.07, 6.45) is 2.47. The van der Waals surface area contributed by atoms with Gasteiger partial charge in [0.1, 0.15) is 11.8 Å². The first kappa shape index (κ1) is 23.5. The summed E-state index contributed by atoms with van der Waals surface area (Å²) >= 11 is 0. The van der Waals surface area contributed by atoms with Gasteiger partial charge in [0.15, 0.2) is 6.61 Å². The zero-order valence-corrected chi connectivity index (χ0v) is 18.6. The minimum atomic E-state index is -0.531. The molecule has 0 aliphatic carbocycles. The van der Waals surface area contributed by atoms with Crippen LogP contribution in [0, 0.1) is 13.8 Å². The number of nitrogens with zero attached hydrogens (tertiary/aromatic N) is 1. The number of aryl methyl sites for hydroxylation is 1. The van der Waals surface area contributed by atoms with E-state index in [9.17, 15) is 9.59 Å². The third-order valence-corrected chi connectivity index (χ3v) is 5.32. The van der Waals surface area contributed by atoms with Gasteiger partial charge in [-0.3, -0.25) is 9.59 Å². The highest BCUT2D eigenvalue weighted by molar-refractivity contribution is 5.88. The average Bonchev–Trinajstić information content (AvgIpc) is 2.75. The molecule has 2 amide bonds. The Hall–Kier alpha value is -2.82. The van der Waals surface area contributed by atoms with Gasteiger partial charge >= 0.3 is 0 Å². The molecule has 30 heavy (non-hydrogen) atoms.